The molecule has 7 nitrogen and oxygen atoms in total. The molecule has 0 amide bonds. The van der Waals surface area contributed by atoms with Crippen molar-refractivity contribution in [3.8, 4) is 0 Å². The van der Waals surface area contributed by atoms with Crippen LogP contribution in [0, 0.1) is 6.92 Å². The predicted molar refractivity (Wildman–Crippen MR) is 73.5 cm³/mol. The van der Waals surface area contributed by atoms with Crippen molar-refractivity contribution < 1.29 is 0 Å². The first-order chi connectivity index (χ1) is 8.84. The molecule has 2 aromatic rings. The van der Waals surface area contributed by atoms with Gasteiger partial charge in [0.15, 0.2) is 11.2 Å². The molecule has 0 saturated carbocycles. The van der Waals surface area contributed by atoms with E-state index >= 15 is 0 Å². The van der Waals surface area contributed by atoms with Crippen molar-refractivity contribution in [1.82, 2.24) is 23.6 Å². The monoisotopic (exact) mass is 265 g/mol. The molecule has 0 aliphatic heterocycles. The highest BCUT2D eigenvalue weighted by molar-refractivity contribution is 5.70. The quantitative estimate of drug-likeness (QED) is 0.736. The molecule has 0 bridgehead atoms. The molecule has 0 aliphatic rings. The largest absolute Gasteiger partial charge is 0.332 e. The molecule has 2 aromatic heterocycles. The molecule has 0 radical (unpaired) electrons. The van der Waals surface area contributed by atoms with Crippen LogP contribution in [0.4, 0.5) is 0 Å². The van der Waals surface area contributed by atoms with Gasteiger partial charge in [0.2, 0.25) is 0 Å². The average Bonchev–Trinajstić information content (AvgIpc) is 2.68. The van der Waals surface area contributed by atoms with Gasteiger partial charge in [-0.1, -0.05) is 0 Å². The minimum Gasteiger partial charge on any atom is -0.321 e. The summed E-state index contributed by atoms with van der Waals surface area (Å²) in [5.74, 6) is 0.746. The second kappa shape index (κ2) is 4.65. The van der Waals surface area contributed by atoms with Crippen LogP contribution in [-0.4, -0.2) is 44.2 Å². The number of hydrogen-bond donors (Lipinski definition) is 0. The van der Waals surface area contributed by atoms with Crippen molar-refractivity contribution in [2.45, 2.75) is 13.5 Å². The highest BCUT2D eigenvalue weighted by Crippen LogP contribution is 2.09. The van der Waals surface area contributed by atoms with Gasteiger partial charge >= 0.3 is 5.69 Å². The Bertz CT molecular complexity index is 735. The standard InChI is InChI=1S/C12H19N5O2/c1-8-13-10-9(17(8)7-6-14(2)3)11(18)16(5)12(19)15(10)4/h6-7H2,1-5H3. The molecule has 2 heterocycles. The lowest BCUT2D eigenvalue weighted by molar-refractivity contribution is 0.384. The maximum Gasteiger partial charge on any atom is 0.332 e. The average molecular weight is 265 g/mol. The topological polar surface area (TPSA) is 65.1 Å². The number of aryl methyl sites for hydroxylation is 2. The minimum absolute atomic E-state index is 0.294. The van der Waals surface area contributed by atoms with Crippen molar-refractivity contribution in [3.05, 3.63) is 26.7 Å². The molecule has 0 unspecified atom stereocenters. The van der Waals surface area contributed by atoms with Crippen molar-refractivity contribution in [1.29, 1.82) is 0 Å². The maximum absolute atomic E-state index is 12.3. The Morgan fingerprint density at radius 1 is 1.16 bits per heavy atom. The Kier molecular flexibility index (Phi) is 3.32. The summed E-state index contributed by atoms with van der Waals surface area (Å²) in [6.07, 6.45) is 0. The number of imidazole rings is 1. The third-order valence-corrected chi connectivity index (χ3v) is 3.31. The van der Waals surface area contributed by atoms with Crippen LogP contribution in [0.3, 0.4) is 0 Å². The summed E-state index contributed by atoms with van der Waals surface area (Å²) < 4.78 is 4.41. The first kappa shape index (κ1) is 13.5. The van der Waals surface area contributed by atoms with Gasteiger partial charge in [0.1, 0.15) is 5.82 Å². The first-order valence-electron chi connectivity index (χ1n) is 6.12. The molecule has 0 aromatic carbocycles. The van der Waals surface area contributed by atoms with Gasteiger partial charge in [-0.3, -0.25) is 13.9 Å². The van der Waals surface area contributed by atoms with Crippen LogP contribution in [0.25, 0.3) is 11.2 Å². The molecule has 0 N–H and O–H groups in total. The van der Waals surface area contributed by atoms with Gasteiger partial charge in [-0.25, -0.2) is 9.78 Å². The predicted octanol–water partition coefficient (Wildman–Crippen LogP) is -0.696. The molecule has 19 heavy (non-hydrogen) atoms. The van der Waals surface area contributed by atoms with Crippen molar-refractivity contribution in [2.75, 3.05) is 20.6 Å². The van der Waals surface area contributed by atoms with Crippen LogP contribution in [-0.2, 0) is 20.6 Å². The normalized spacial score (nSPS) is 11.7. The van der Waals surface area contributed by atoms with Gasteiger partial charge in [0.05, 0.1) is 0 Å². The molecule has 0 atom stereocenters. The number of likely N-dealkylation sites (N-methyl/N-ethyl adjacent to an activating group) is 1. The molecule has 0 spiro atoms. The van der Waals surface area contributed by atoms with Crippen LogP contribution in [0.5, 0.6) is 0 Å². The van der Waals surface area contributed by atoms with E-state index in [1.54, 1.807) is 7.05 Å². The molecule has 0 saturated heterocycles. The number of nitrogens with zero attached hydrogens (tertiary/aromatic N) is 5. The summed E-state index contributed by atoms with van der Waals surface area (Å²) in [4.78, 5) is 30.5. The Hall–Kier alpha value is -1.89. The summed E-state index contributed by atoms with van der Waals surface area (Å²) in [6, 6.07) is 0. The van der Waals surface area contributed by atoms with Crippen molar-refractivity contribution >= 4 is 11.2 Å². The third-order valence-electron chi connectivity index (χ3n) is 3.31. The Morgan fingerprint density at radius 2 is 1.79 bits per heavy atom. The van der Waals surface area contributed by atoms with E-state index in [9.17, 15) is 9.59 Å². The fourth-order valence-electron chi connectivity index (χ4n) is 2.13. The van der Waals surface area contributed by atoms with E-state index in [2.05, 4.69) is 4.98 Å². The first-order valence-corrected chi connectivity index (χ1v) is 6.12. The van der Waals surface area contributed by atoms with Crippen LogP contribution < -0.4 is 11.2 Å². The summed E-state index contributed by atoms with van der Waals surface area (Å²) in [5, 5.41) is 0. The van der Waals surface area contributed by atoms with Gasteiger partial charge in [0, 0.05) is 27.2 Å². The van der Waals surface area contributed by atoms with Crippen molar-refractivity contribution in [2.24, 2.45) is 14.1 Å². The van der Waals surface area contributed by atoms with E-state index in [-0.39, 0.29) is 11.2 Å². The van der Waals surface area contributed by atoms with Crippen molar-refractivity contribution in [3.63, 3.8) is 0 Å². The van der Waals surface area contributed by atoms with Crippen LogP contribution in [0.2, 0.25) is 0 Å². The molecule has 104 valence electrons. The van der Waals surface area contributed by atoms with Crippen LogP contribution in [0.1, 0.15) is 5.82 Å². The van der Waals surface area contributed by atoms with E-state index in [4.69, 9.17) is 0 Å². The summed E-state index contributed by atoms with van der Waals surface area (Å²) >= 11 is 0. The van der Waals surface area contributed by atoms with E-state index in [0.29, 0.717) is 17.7 Å². The zero-order chi connectivity index (χ0) is 14.3. The highest BCUT2D eigenvalue weighted by Gasteiger charge is 2.16. The smallest absolute Gasteiger partial charge is 0.321 e. The molecule has 7 heteroatoms. The van der Waals surface area contributed by atoms with Crippen LogP contribution >= 0.6 is 0 Å². The maximum atomic E-state index is 12.3. The Morgan fingerprint density at radius 3 is 2.37 bits per heavy atom. The second-order valence-electron chi connectivity index (χ2n) is 4.99. The summed E-state index contributed by atoms with van der Waals surface area (Å²) in [7, 11) is 7.07. The number of hydrogen-bond acceptors (Lipinski definition) is 4. The Labute approximate surface area is 110 Å². The SMILES string of the molecule is Cc1nc2c(c(=O)n(C)c(=O)n2C)n1CCN(C)C. The summed E-state index contributed by atoms with van der Waals surface area (Å²) in [6.45, 7) is 3.32. The van der Waals surface area contributed by atoms with E-state index in [1.807, 2.05) is 30.5 Å². The lowest BCUT2D eigenvalue weighted by Gasteiger charge is -2.12. The third kappa shape index (κ3) is 2.10. The molecular formula is C12H19N5O2. The zero-order valence-electron chi connectivity index (χ0n) is 12.0. The van der Waals surface area contributed by atoms with Gasteiger partial charge < -0.3 is 9.47 Å². The molecule has 0 fully saturated rings. The van der Waals surface area contributed by atoms with E-state index < -0.39 is 0 Å². The minimum atomic E-state index is -0.352. The second-order valence-corrected chi connectivity index (χ2v) is 4.99. The van der Waals surface area contributed by atoms with Gasteiger partial charge in [0.25, 0.3) is 5.56 Å². The fraction of sp³-hybridized carbons (Fsp3) is 0.583. The Balaban J connectivity index is 2.76. The van der Waals surface area contributed by atoms with Gasteiger partial charge in [-0.05, 0) is 21.0 Å². The fourth-order valence-corrected chi connectivity index (χ4v) is 2.13. The van der Waals surface area contributed by atoms with Gasteiger partial charge in [-0.15, -0.1) is 0 Å². The summed E-state index contributed by atoms with van der Waals surface area (Å²) in [5.41, 5.74) is 0.292. The van der Waals surface area contributed by atoms with E-state index in [1.165, 1.54) is 11.6 Å². The van der Waals surface area contributed by atoms with Gasteiger partial charge in [-0.2, -0.15) is 0 Å². The molecule has 2 rings (SSSR count). The van der Waals surface area contributed by atoms with E-state index in [0.717, 1.165) is 16.9 Å². The number of rotatable bonds is 3. The highest BCUT2D eigenvalue weighted by atomic mass is 16.2. The van der Waals surface area contributed by atoms with Crippen LogP contribution in [0.15, 0.2) is 9.59 Å². The molecule has 0 aliphatic carbocycles. The lowest BCUT2D eigenvalue weighted by atomic mass is 10.4. The lowest BCUT2D eigenvalue weighted by Crippen LogP contribution is -2.37. The number of aromatic nitrogens is 4. The zero-order valence-corrected chi connectivity index (χ0v) is 12.0. The molecular weight excluding hydrogens is 246 g/mol. The number of fused-ring (bicyclic) bond motifs is 1.